The molecule has 1 saturated carbocycles. The number of rotatable bonds is 15. The lowest BCUT2D eigenvalue weighted by molar-refractivity contribution is -0.114. The summed E-state index contributed by atoms with van der Waals surface area (Å²) >= 11 is 23.8. The van der Waals surface area contributed by atoms with E-state index in [1.165, 1.54) is 32.4 Å². The van der Waals surface area contributed by atoms with Gasteiger partial charge in [-0.2, -0.15) is 5.10 Å². The van der Waals surface area contributed by atoms with E-state index >= 15 is 0 Å². The normalized spacial score (nSPS) is 15.0. The maximum Gasteiger partial charge on any atom is 0.273 e. The molecule has 63 heavy (non-hydrogen) atoms. The van der Waals surface area contributed by atoms with Crippen LogP contribution in [-0.2, 0) is 35.6 Å². The molecule has 4 N–H and O–H groups in total. The summed E-state index contributed by atoms with van der Waals surface area (Å²) in [6.07, 6.45) is 8.00. The average Bonchev–Trinajstić information content (AvgIpc) is 3.60. The number of nitrogens with zero attached hydrogens (tertiary/aromatic N) is 6. The number of aryl methyl sites for hydroxylation is 1. The Morgan fingerprint density at radius 3 is 2.21 bits per heavy atom. The second-order valence-electron chi connectivity index (χ2n) is 16.1. The zero-order valence-corrected chi connectivity index (χ0v) is 38.9. The minimum Gasteiger partial charge on any atom is -0.457 e. The third-order valence-electron chi connectivity index (χ3n) is 10.8. The van der Waals surface area contributed by atoms with Crippen molar-refractivity contribution in [3.63, 3.8) is 0 Å². The topological polar surface area (TPSA) is 165 Å². The standard InChI is InChI=1S/C16H22ClN3O.C16H16N2O3.C14H15Cl2N3OS/c1-15(2,3)16(21,10-20-12-18-11-19-20)9-8-13-4-6-14(17)7-5-13;1-17-16(19)15(18-20-2)13-10-6-7-11-14(13)21-12-8-4-3-5-9-12;15-11-4-2-1-3-10(11)7-14(20,13(16)5-6-13)8-19-12(21)17-9-18-19/h4-7,11-12,21H,8-10H2,1-3H3;3-11H,1-2H3,(H,17,19);1-4,9,20H,5-8H2,(H,17,18,21)/b;18-15+;. The van der Waals surface area contributed by atoms with Crippen molar-refractivity contribution in [1.82, 2.24) is 34.8 Å². The molecule has 17 heteroatoms. The summed E-state index contributed by atoms with van der Waals surface area (Å²) in [5.41, 5.74) is 0.505. The molecule has 1 fully saturated rings. The van der Waals surface area contributed by atoms with E-state index in [1.807, 2.05) is 106 Å². The quantitative estimate of drug-likeness (QED) is 0.0340. The van der Waals surface area contributed by atoms with Crippen molar-refractivity contribution in [3.8, 4) is 11.5 Å². The Bertz CT molecular complexity index is 2460. The molecule has 7 rings (SSSR count). The Labute approximate surface area is 388 Å². The van der Waals surface area contributed by atoms with Gasteiger partial charge in [0, 0.05) is 23.5 Å². The van der Waals surface area contributed by atoms with E-state index in [9.17, 15) is 15.0 Å². The van der Waals surface area contributed by atoms with Crippen LogP contribution in [0.5, 0.6) is 11.5 Å². The number of hydrogen-bond donors (Lipinski definition) is 4. The molecular formula is C46H53Cl3N8O5S. The van der Waals surface area contributed by atoms with Crippen molar-refractivity contribution >= 4 is 58.6 Å². The van der Waals surface area contributed by atoms with Gasteiger partial charge in [0.25, 0.3) is 5.91 Å². The molecule has 2 aromatic heterocycles. The fourth-order valence-corrected chi connectivity index (χ4v) is 7.33. The predicted molar refractivity (Wildman–Crippen MR) is 250 cm³/mol. The summed E-state index contributed by atoms with van der Waals surface area (Å²) in [5.74, 6) is 0.864. The molecule has 1 aliphatic carbocycles. The van der Waals surface area contributed by atoms with Gasteiger partial charge in [-0.15, -0.1) is 11.6 Å². The van der Waals surface area contributed by atoms with Crippen LogP contribution < -0.4 is 10.1 Å². The number of ether oxygens (including phenoxy) is 1. The average molecular weight is 936 g/mol. The number of H-pyrrole nitrogens is 1. The third-order valence-corrected chi connectivity index (χ3v) is 12.4. The molecular weight excluding hydrogens is 883 g/mol. The lowest BCUT2D eigenvalue weighted by Crippen LogP contribution is -2.47. The Morgan fingerprint density at radius 1 is 0.952 bits per heavy atom. The van der Waals surface area contributed by atoms with Crippen molar-refractivity contribution < 1.29 is 24.6 Å². The van der Waals surface area contributed by atoms with Crippen LogP contribution in [0.3, 0.4) is 0 Å². The molecule has 0 radical (unpaired) electrons. The molecule has 2 heterocycles. The van der Waals surface area contributed by atoms with Gasteiger partial charge in [0.1, 0.15) is 43.2 Å². The number of hydrogen-bond acceptors (Lipinski definition) is 10. The van der Waals surface area contributed by atoms with Gasteiger partial charge < -0.3 is 25.1 Å². The minimum absolute atomic E-state index is 0.159. The van der Waals surface area contributed by atoms with E-state index in [0.717, 1.165) is 29.8 Å². The molecule has 0 spiro atoms. The number of nitrogens with one attached hydrogen (secondary N) is 2. The highest BCUT2D eigenvalue weighted by molar-refractivity contribution is 7.71. The maximum absolute atomic E-state index is 11.9. The monoisotopic (exact) mass is 934 g/mol. The van der Waals surface area contributed by atoms with E-state index in [0.29, 0.717) is 46.2 Å². The number of amides is 1. The van der Waals surface area contributed by atoms with Gasteiger partial charge in [-0.25, -0.2) is 9.97 Å². The number of benzene rings is 4. The molecule has 4 aromatic carbocycles. The third kappa shape index (κ3) is 13.5. The Kier molecular flexibility index (Phi) is 17.1. The largest absolute Gasteiger partial charge is 0.457 e. The van der Waals surface area contributed by atoms with Gasteiger partial charge in [-0.1, -0.05) is 110 Å². The molecule has 0 saturated heterocycles. The van der Waals surface area contributed by atoms with Gasteiger partial charge in [0.05, 0.1) is 29.1 Å². The van der Waals surface area contributed by atoms with Crippen LogP contribution in [0.1, 0.15) is 56.7 Å². The first-order valence-electron chi connectivity index (χ1n) is 20.2. The summed E-state index contributed by atoms with van der Waals surface area (Å²) in [4.78, 5) is 24.0. The lowest BCUT2D eigenvalue weighted by atomic mass is 9.73. The van der Waals surface area contributed by atoms with Gasteiger partial charge in [0.15, 0.2) is 5.71 Å². The molecule has 0 aliphatic heterocycles. The van der Waals surface area contributed by atoms with E-state index in [1.54, 1.807) is 33.9 Å². The van der Waals surface area contributed by atoms with Crippen LogP contribution in [0.2, 0.25) is 10.0 Å². The first kappa shape index (κ1) is 48.9. The highest BCUT2D eigenvalue weighted by Crippen LogP contribution is 2.53. The maximum atomic E-state index is 11.9. The molecule has 0 bridgehead atoms. The van der Waals surface area contributed by atoms with Crippen LogP contribution >= 0.6 is 47.0 Å². The van der Waals surface area contributed by atoms with Crippen LogP contribution in [0.25, 0.3) is 0 Å². The van der Waals surface area contributed by atoms with Crippen molar-refractivity contribution in [2.75, 3.05) is 14.2 Å². The van der Waals surface area contributed by atoms with Gasteiger partial charge in [-0.05, 0) is 96.9 Å². The Balaban J connectivity index is 0.000000178. The number of oxime groups is 1. The summed E-state index contributed by atoms with van der Waals surface area (Å²) in [6, 6.07) is 31.7. The first-order chi connectivity index (χ1) is 30.0. The van der Waals surface area contributed by atoms with E-state index in [2.05, 4.69) is 30.6 Å². The van der Waals surface area contributed by atoms with Crippen LogP contribution in [0.15, 0.2) is 127 Å². The van der Waals surface area contributed by atoms with E-state index in [-0.39, 0.29) is 23.6 Å². The second kappa shape index (κ2) is 22.0. The number of aromatic amines is 1. The number of aromatic nitrogens is 6. The van der Waals surface area contributed by atoms with E-state index < -0.39 is 16.1 Å². The van der Waals surface area contributed by atoms with Crippen LogP contribution in [0.4, 0.5) is 0 Å². The Morgan fingerprint density at radius 2 is 1.62 bits per heavy atom. The molecule has 13 nitrogen and oxygen atoms in total. The summed E-state index contributed by atoms with van der Waals surface area (Å²) in [5, 5.41) is 37.0. The van der Waals surface area contributed by atoms with Gasteiger partial charge in [-0.3, -0.25) is 19.3 Å². The molecule has 1 aliphatic rings. The van der Waals surface area contributed by atoms with Gasteiger partial charge in [0.2, 0.25) is 4.77 Å². The SMILES string of the molecule is CC(C)(C)C(O)(CCc1ccc(Cl)cc1)Cn1cncn1.CNC(=O)/C(=N/OC)c1ccccc1Oc1ccccc1.OC(Cc1ccccc1Cl)(Cn1[nH]cnc1=S)C1(Cl)CC1. The van der Waals surface area contributed by atoms with Gasteiger partial charge >= 0.3 is 0 Å². The number of halogens is 3. The zero-order valence-electron chi connectivity index (χ0n) is 35.8. The highest BCUT2D eigenvalue weighted by atomic mass is 35.5. The molecule has 2 atom stereocenters. The van der Waals surface area contributed by atoms with E-state index in [4.69, 9.17) is 56.6 Å². The summed E-state index contributed by atoms with van der Waals surface area (Å²) in [7, 11) is 2.93. The lowest BCUT2D eigenvalue weighted by Gasteiger charge is -2.40. The van der Waals surface area contributed by atoms with Crippen molar-refractivity contribution in [1.29, 1.82) is 0 Å². The minimum atomic E-state index is -1.13. The highest BCUT2D eigenvalue weighted by Gasteiger charge is 2.58. The fourth-order valence-electron chi connectivity index (χ4n) is 6.61. The predicted octanol–water partition coefficient (Wildman–Crippen LogP) is 9.26. The first-order valence-corrected chi connectivity index (χ1v) is 21.7. The smallest absolute Gasteiger partial charge is 0.273 e. The fraction of sp³-hybridized carbons (Fsp3) is 0.348. The van der Waals surface area contributed by atoms with Crippen LogP contribution in [-0.4, -0.2) is 81.6 Å². The Hall–Kier alpha value is -5.09. The van der Waals surface area contributed by atoms with Crippen molar-refractivity contribution in [2.45, 2.75) is 82.0 Å². The second-order valence-corrected chi connectivity index (χ2v) is 18.1. The summed E-state index contributed by atoms with van der Waals surface area (Å²) in [6.45, 7) is 6.84. The number of alkyl halides is 1. The molecule has 6 aromatic rings. The molecule has 334 valence electrons. The van der Waals surface area contributed by atoms with Crippen molar-refractivity contribution in [2.24, 2.45) is 10.6 Å². The number of carbonyl (C=O) groups excluding carboxylic acids is 1. The number of para-hydroxylation sites is 2. The number of likely N-dealkylation sites (N-methyl/N-ethyl adjacent to an activating group) is 1. The van der Waals surface area contributed by atoms with Crippen molar-refractivity contribution in [3.05, 3.63) is 154 Å². The van der Waals surface area contributed by atoms with Crippen LogP contribution in [0, 0.1) is 10.2 Å². The molecule has 1 amide bonds. The molecule has 2 unspecified atom stereocenters. The number of aliphatic hydroxyl groups is 2. The summed E-state index contributed by atoms with van der Waals surface area (Å²) < 4.78 is 9.53. The zero-order chi connectivity index (χ0) is 45.7. The number of carbonyl (C=O) groups is 1.